The van der Waals surface area contributed by atoms with Crippen LogP contribution in [-0.4, -0.2) is 38.8 Å². The molecule has 5 rings (SSSR count). The van der Waals surface area contributed by atoms with Crippen molar-refractivity contribution in [1.29, 1.82) is 0 Å². The van der Waals surface area contributed by atoms with Crippen molar-refractivity contribution in [2.75, 3.05) is 12.8 Å². The Morgan fingerprint density at radius 1 is 0.938 bits per heavy atom. The largest absolute Gasteiger partial charge is 0.382 e. The number of nitrogens with two attached hydrogens (primary N) is 1. The monoisotopic (exact) mass is 423 g/mol. The Morgan fingerprint density at radius 3 is 2.47 bits per heavy atom. The van der Waals surface area contributed by atoms with Crippen LogP contribution in [0.25, 0.3) is 33.4 Å². The molecule has 2 aromatic heterocycles. The fourth-order valence-corrected chi connectivity index (χ4v) is 4.45. The maximum absolute atomic E-state index is 13.3. The van der Waals surface area contributed by atoms with E-state index in [1.807, 2.05) is 67.7 Å². The van der Waals surface area contributed by atoms with E-state index in [2.05, 4.69) is 9.97 Å². The van der Waals surface area contributed by atoms with Gasteiger partial charge in [0.25, 0.3) is 5.91 Å². The molecule has 160 valence electrons. The number of fused-ring (bicyclic) bond motifs is 1. The second-order valence-corrected chi connectivity index (χ2v) is 8.29. The highest BCUT2D eigenvalue weighted by atomic mass is 16.2. The summed E-state index contributed by atoms with van der Waals surface area (Å²) in [7, 11) is 1.84. The predicted octanol–water partition coefficient (Wildman–Crippen LogP) is 4.96. The van der Waals surface area contributed by atoms with Gasteiger partial charge in [-0.25, -0.2) is 9.97 Å². The van der Waals surface area contributed by atoms with Crippen LogP contribution < -0.4 is 5.73 Å². The molecule has 1 aliphatic rings. The molecule has 0 atom stereocenters. The summed E-state index contributed by atoms with van der Waals surface area (Å²) in [6.45, 7) is 0. The van der Waals surface area contributed by atoms with Crippen molar-refractivity contribution < 1.29 is 4.79 Å². The minimum Gasteiger partial charge on any atom is -0.382 e. The summed E-state index contributed by atoms with van der Waals surface area (Å²) in [6.07, 6.45) is 6.10. The normalized spacial score (nSPS) is 14.0. The zero-order chi connectivity index (χ0) is 22.1. The number of rotatable bonds is 4. The molecule has 0 unspecified atom stereocenters. The van der Waals surface area contributed by atoms with E-state index in [1.165, 1.54) is 0 Å². The number of hydrogen-bond acceptors (Lipinski definition) is 5. The van der Waals surface area contributed by atoms with E-state index in [0.717, 1.165) is 47.7 Å². The van der Waals surface area contributed by atoms with Gasteiger partial charge in [-0.05, 0) is 31.0 Å². The summed E-state index contributed by atoms with van der Waals surface area (Å²) >= 11 is 0. The van der Waals surface area contributed by atoms with E-state index < -0.39 is 0 Å². The number of nitrogen functional groups attached to an aromatic ring is 1. The van der Waals surface area contributed by atoms with Gasteiger partial charge in [-0.1, -0.05) is 55.3 Å². The lowest BCUT2D eigenvalue weighted by atomic mass is 10.0. The molecule has 2 heterocycles. The number of pyridine rings is 1. The van der Waals surface area contributed by atoms with E-state index in [9.17, 15) is 4.79 Å². The highest BCUT2D eigenvalue weighted by Gasteiger charge is 2.28. The van der Waals surface area contributed by atoms with Gasteiger partial charge in [-0.15, -0.1) is 0 Å². The Bertz CT molecular complexity index is 1280. The van der Waals surface area contributed by atoms with Crippen LogP contribution >= 0.6 is 0 Å². The number of amides is 1. The van der Waals surface area contributed by atoms with Crippen LogP contribution in [0.4, 0.5) is 5.82 Å². The highest BCUT2D eigenvalue weighted by Crippen LogP contribution is 2.33. The van der Waals surface area contributed by atoms with Crippen molar-refractivity contribution in [3.8, 4) is 22.5 Å². The highest BCUT2D eigenvalue weighted by molar-refractivity contribution is 5.98. The minimum absolute atomic E-state index is 0.157. The summed E-state index contributed by atoms with van der Waals surface area (Å²) in [5.74, 6) is -0.0184. The van der Waals surface area contributed by atoms with E-state index in [-0.39, 0.29) is 23.5 Å². The topological polar surface area (TPSA) is 85.0 Å². The Morgan fingerprint density at radius 2 is 1.69 bits per heavy atom. The molecule has 0 bridgehead atoms. The van der Waals surface area contributed by atoms with Gasteiger partial charge < -0.3 is 10.6 Å². The van der Waals surface area contributed by atoms with Gasteiger partial charge in [0.15, 0.2) is 11.5 Å². The van der Waals surface area contributed by atoms with E-state index in [0.29, 0.717) is 11.4 Å². The van der Waals surface area contributed by atoms with Crippen molar-refractivity contribution in [3.05, 3.63) is 72.6 Å². The van der Waals surface area contributed by atoms with E-state index in [4.69, 9.17) is 10.7 Å². The number of hydrogen-bond donors (Lipinski definition) is 1. The Kier molecular flexibility index (Phi) is 5.27. The SMILES string of the molecule is CN(C(=O)c1nc(-c2ccc3ncccc3c2)c(-c2ccccc2)nc1N)C1CCCC1. The van der Waals surface area contributed by atoms with Crippen molar-refractivity contribution in [1.82, 2.24) is 19.9 Å². The smallest absolute Gasteiger partial charge is 0.276 e. The molecule has 1 saturated carbocycles. The van der Waals surface area contributed by atoms with E-state index in [1.54, 1.807) is 11.1 Å². The lowest BCUT2D eigenvalue weighted by Crippen LogP contribution is -2.36. The zero-order valence-corrected chi connectivity index (χ0v) is 18.0. The average molecular weight is 424 g/mol. The number of carbonyl (C=O) groups excluding carboxylic acids is 1. The summed E-state index contributed by atoms with van der Waals surface area (Å²) in [4.78, 5) is 29.0. The second kappa shape index (κ2) is 8.38. The lowest BCUT2D eigenvalue weighted by molar-refractivity contribution is 0.0730. The molecule has 4 aromatic rings. The molecule has 2 aromatic carbocycles. The quantitative estimate of drug-likeness (QED) is 0.502. The molecule has 6 heteroatoms. The summed E-state index contributed by atoms with van der Waals surface area (Å²) in [5, 5.41) is 0.999. The number of nitrogens with zero attached hydrogens (tertiary/aromatic N) is 4. The standard InChI is InChI=1S/C26H25N5O/c1-31(20-11-5-6-12-20)26(32)24-25(27)30-22(17-8-3-2-4-9-17)23(29-24)19-13-14-21-18(16-19)10-7-15-28-21/h2-4,7-10,13-16,20H,5-6,11-12H2,1H3,(H2,27,30). The van der Waals surface area contributed by atoms with Gasteiger partial charge in [0.2, 0.25) is 0 Å². The number of benzene rings is 2. The van der Waals surface area contributed by atoms with Gasteiger partial charge in [0.1, 0.15) is 0 Å². The van der Waals surface area contributed by atoms with Crippen LogP contribution in [0.3, 0.4) is 0 Å². The summed E-state index contributed by atoms with van der Waals surface area (Å²) in [6, 6.07) is 19.9. The van der Waals surface area contributed by atoms with Crippen LogP contribution in [0, 0.1) is 0 Å². The molecule has 32 heavy (non-hydrogen) atoms. The van der Waals surface area contributed by atoms with Gasteiger partial charge >= 0.3 is 0 Å². The van der Waals surface area contributed by atoms with Crippen LogP contribution in [0.2, 0.25) is 0 Å². The van der Waals surface area contributed by atoms with E-state index >= 15 is 0 Å². The van der Waals surface area contributed by atoms with Crippen LogP contribution in [0.5, 0.6) is 0 Å². The fourth-order valence-electron chi connectivity index (χ4n) is 4.45. The number of carbonyl (C=O) groups is 1. The third-order valence-corrected chi connectivity index (χ3v) is 6.24. The lowest BCUT2D eigenvalue weighted by Gasteiger charge is -2.24. The maximum Gasteiger partial charge on any atom is 0.276 e. The minimum atomic E-state index is -0.176. The predicted molar refractivity (Wildman–Crippen MR) is 127 cm³/mol. The Balaban J connectivity index is 1.66. The molecule has 0 saturated heterocycles. The third kappa shape index (κ3) is 3.68. The van der Waals surface area contributed by atoms with Crippen molar-refractivity contribution in [3.63, 3.8) is 0 Å². The molecule has 0 aliphatic heterocycles. The Hall–Kier alpha value is -3.80. The van der Waals surface area contributed by atoms with Crippen LogP contribution in [-0.2, 0) is 0 Å². The van der Waals surface area contributed by atoms with Crippen molar-refractivity contribution in [2.24, 2.45) is 0 Å². The molecular weight excluding hydrogens is 398 g/mol. The Labute approximate surface area is 187 Å². The first-order chi connectivity index (χ1) is 15.6. The van der Waals surface area contributed by atoms with Gasteiger partial charge in [-0.2, -0.15) is 0 Å². The first kappa shape index (κ1) is 20.1. The zero-order valence-electron chi connectivity index (χ0n) is 18.0. The second-order valence-electron chi connectivity index (χ2n) is 8.29. The third-order valence-electron chi connectivity index (χ3n) is 6.24. The van der Waals surface area contributed by atoms with Crippen LogP contribution in [0.1, 0.15) is 36.2 Å². The van der Waals surface area contributed by atoms with Crippen molar-refractivity contribution >= 4 is 22.6 Å². The molecule has 1 fully saturated rings. The number of anilines is 1. The average Bonchev–Trinajstić information content (AvgIpc) is 3.38. The van der Waals surface area contributed by atoms with Gasteiger partial charge in [-0.3, -0.25) is 9.78 Å². The summed E-state index contributed by atoms with van der Waals surface area (Å²) < 4.78 is 0. The molecule has 1 amide bonds. The number of aromatic nitrogens is 3. The van der Waals surface area contributed by atoms with Crippen molar-refractivity contribution in [2.45, 2.75) is 31.7 Å². The maximum atomic E-state index is 13.3. The molecule has 2 N–H and O–H groups in total. The van der Waals surface area contributed by atoms with Gasteiger partial charge in [0, 0.05) is 35.8 Å². The first-order valence-electron chi connectivity index (χ1n) is 11.0. The van der Waals surface area contributed by atoms with Gasteiger partial charge in [0.05, 0.1) is 16.9 Å². The summed E-state index contributed by atoms with van der Waals surface area (Å²) in [5.41, 5.74) is 10.5. The molecule has 6 nitrogen and oxygen atoms in total. The molecular formula is C26H25N5O. The van der Waals surface area contributed by atoms with Crippen LogP contribution in [0.15, 0.2) is 66.9 Å². The molecule has 0 radical (unpaired) electrons. The first-order valence-corrected chi connectivity index (χ1v) is 11.0. The fraction of sp³-hybridized carbons (Fsp3) is 0.231. The molecule has 0 spiro atoms. The molecule has 1 aliphatic carbocycles.